The average Bonchev–Trinajstić information content (AvgIpc) is 2.53. The molecule has 24 heavy (non-hydrogen) atoms. The van der Waals surface area contributed by atoms with Crippen LogP contribution in [-0.2, 0) is 11.3 Å². The molecule has 3 rings (SSSR count). The van der Waals surface area contributed by atoms with Crippen molar-refractivity contribution in [1.82, 2.24) is 4.57 Å². The van der Waals surface area contributed by atoms with Crippen LogP contribution < -0.4 is 10.7 Å². The van der Waals surface area contributed by atoms with Gasteiger partial charge in [-0.1, -0.05) is 27.5 Å². The molecule has 2 aromatic carbocycles. The first-order valence-corrected chi connectivity index (χ1v) is 8.46. The van der Waals surface area contributed by atoms with E-state index >= 15 is 0 Å². The van der Waals surface area contributed by atoms with Gasteiger partial charge in [-0.3, -0.25) is 9.59 Å². The Morgan fingerprint density at radius 2 is 2.00 bits per heavy atom. The van der Waals surface area contributed by atoms with Crippen LogP contribution in [0.25, 0.3) is 10.9 Å². The minimum atomic E-state index is -0.173. The second-order valence-corrected chi connectivity index (χ2v) is 6.83. The standard InChI is InChI=1S/C18H14BrClN2O2/c1-11-8-13(20)3-4-15(11)21-18(24)10-22-7-6-17(23)14-9-12(19)2-5-16(14)22/h2-9H,10H2,1H3,(H,21,24). The number of carbonyl (C=O) groups is 1. The zero-order chi connectivity index (χ0) is 17.3. The van der Waals surface area contributed by atoms with Crippen LogP contribution in [0.4, 0.5) is 5.69 Å². The molecular formula is C18H14BrClN2O2. The van der Waals surface area contributed by atoms with E-state index in [0.717, 1.165) is 15.7 Å². The van der Waals surface area contributed by atoms with Crippen molar-refractivity contribution in [3.8, 4) is 0 Å². The Balaban J connectivity index is 1.88. The maximum atomic E-state index is 12.4. The molecule has 0 saturated carbocycles. The first-order valence-electron chi connectivity index (χ1n) is 7.29. The van der Waals surface area contributed by atoms with Crippen LogP contribution in [0.5, 0.6) is 0 Å². The molecule has 1 aromatic heterocycles. The molecule has 0 unspecified atom stereocenters. The van der Waals surface area contributed by atoms with E-state index in [-0.39, 0.29) is 17.9 Å². The average molecular weight is 406 g/mol. The minimum Gasteiger partial charge on any atom is -0.338 e. The van der Waals surface area contributed by atoms with E-state index in [2.05, 4.69) is 21.2 Å². The molecule has 1 N–H and O–H groups in total. The van der Waals surface area contributed by atoms with Gasteiger partial charge in [0, 0.05) is 32.8 Å². The van der Waals surface area contributed by atoms with E-state index in [1.807, 2.05) is 19.1 Å². The lowest BCUT2D eigenvalue weighted by molar-refractivity contribution is -0.116. The summed E-state index contributed by atoms with van der Waals surface area (Å²) in [6, 6.07) is 12.2. The second kappa shape index (κ2) is 6.79. The second-order valence-electron chi connectivity index (χ2n) is 5.48. The van der Waals surface area contributed by atoms with Crippen molar-refractivity contribution in [2.24, 2.45) is 0 Å². The third-order valence-electron chi connectivity index (χ3n) is 3.72. The Morgan fingerprint density at radius 3 is 2.75 bits per heavy atom. The van der Waals surface area contributed by atoms with Crippen LogP contribution in [-0.4, -0.2) is 10.5 Å². The fourth-order valence-electron chi connectivity index (χ4n) is 2.53. The number of benzene rings is 2. The minimum absolute atomic E-state index is 0.0727. The number of aromatic nitrogens is 1. The molecular weight excluding hydrogens is 392 g/mol. The van der Waals surface area contributed by atoms with Crippen molar-refractivity contribution in [3.05, 3.63) is 73.9 Å². The molecule has 0 bridgehead atoms. The molecule has 6 heteroatoms. The number of fused-ring (bicyclic) bond motifs is 1. The maximum absolute atomic E-state index is 12.4. The van der Waals surface area contributed by atoms with Gasteiger partial charge >= 0.3 is 0 Å². The molecule has 1 amide bonds. The summed E-state index contributed by atoms with van der Waals surface area (Å²) < 4.78 is 2.58. The molecule has 122 valence electrons. The molecule has 3 aromatic rings. The third-order valence-corrected chi connectivity index (χ3v) is 4.44. The Morgan fingerprint density at radius 1 is 1.21 bits per heavy atom. The number of hydrogen-bond donors (Lipinski definition) is 1. The van der Waals surface area contributed by atoms with Crippen LogP contribution >= 0.6 is 27.5 Å². The Bertz CT molecular complexity index is 998. The lowest BCUT2D eigenvalue weighted by atomic mass is 10.2. The van der Waals surface area contributed by atoms with Gasteiger partial charge in [0.05, 0.1) is 5.52 Å². The Kier molecular flexibility index (Phi) is 4.73. The van der Waals surface area contributed by atoms with Gasteiger partial charge in [-0.05, 0) is 48.9 Å². The van der Waals surface area contributed by atoms with Gasteiger partial charge in [-0.15, -0.1) is 0 Å². The third kappa shape index (κ3) is 3.52. The number of pyridine rings is 1. The number of anilines is 1. The van der Waals surface area contributed by atoms with Crippen LogP contribution in [0, 0.1) is 6.92 Å². The van der Waals surface area contributed by atoms with Crippen molar-refractivity contribution < 1.29 is 4.79 Å². The topological polar surface area (TPSA) is 51.1 Å². The van der Waals surface area contributed by atoms with Crippen molar-refractivity contribution in [3.63, 3.8) is 0 Å². The molecule has 0 aliphatic carbocycles. The van der Waals surface area contributed by atoms with Crippen LogP contribution in [0.2, 0.25) is 5.02 Å². The highest BCUT2D eigenvalue weighted by Crippen LogP contribution is 2.20. The molecule has 0 spiro atoms. The van der Waals surface area contributed by atoms with Gasteiger partial charge in [0.2, 0.25) is 5.91 Å². The summed E-state index contributed by atoms with van der Waals surface area (Å²) in [5.41, 5.74) is 2.26. The van der Waals surface area contributed by atoms with Gasteiger partial charge in [-0.25, -0.2) is 0 Å². The number of rotatable bonds is 3. The van der Waals surface area contributed by atoms with Crippen molar-refractivity contribution in [2.45, 2.75) is 13.5 Å². The summed E-state index contributed by atoms with van der Waals surface area (Å²) >= 11 is 9.29. The smallest absolute Gasteiger partial charge is 0.244 e. The number of carbonyl (C=O) groups excluding carboxylic acids is 1. The monoisotopic (exact) mass is 404 g/mol. The van der Waals surface area contributed by atoms with E-state index in [1.165, 1.54) is 6.07 Å². The summed E-state index contributed by atoms with van der Waals surface area (Å²) in [6.07, 6.45) is 1.63. The zero-order valence-corrected chi connectivity index (χ0v) is 15.2. The molecule has 0 atom stereocenters. The number of amides is 1. The molecule has 0 saturated heterocycles. The lowest BCUT2D eigenvalue weighted by Crippen LogP contribution is -2.20. The van der Waals surface area contributed by atoms with Gasteiger partial charge in [0.1, 0.15) is 6.54 Å². The van der Waals surface area contributed by atoms with Crippen molar-refractivity contribution >= 4 is 50.0 Å². The fourth-order valence-corrected chi connectivity index (χ4v) is 3.12. The van der Waals surface area contributed by atoms with E-state index in [1.54, 1.807) is 35.0 Å². The van der Waals surface area contributed by atoms with Gasteiger partial charge < -0.3 is 9.88 Å². The first-order chi connectivity index (χ1) is 11.4. The Labute approximate surface area is 152 Å². The molecule has 0 aliphatic rings. The molecule has 0 fully saturated rings. The van der Waals surface area contributed by atoms with Gasteiger partial charge in [-0.2, -0.15) is 0 Å². The SMILES string of the molecule is Cc1cc(Cl)ccc1NC(=O)Cn1ccc(=O)c2cc(Br)ccc21. The lowest BCUT2D eigenvalue weighted by Gasteiger charge is -2.12. The summed E-state index contributed by atoms with van der Waals surface area (Å²) in [5, 5.41) is 4.07. The Hall–Kier alpha value is -2.11. The number of nitrogens with one attached hydrogen (secondary N) is 1. The molecule has 4 nitrogen and oxygen atoms in total. The van der Waals surface area contributed by atoms with E-state index in [4.69, 9.17) is 11.6 Å². The normalized spacial score (nSPS) is 10.8. The number of aryl methyl sites for hydroxylation is 1. The number of hydrogen-bond acceptors (Lipinski definition) is 2. The predicted molar refractivity (Wildman–Crippen MR) is 101 cm³/mol. The highest BCUT2D eigenvalue weighted by molar-refractivity contribution is 9.10. The van der Waals surface area contributed by atoms with Crippen molar-refractivity contribution in [1.29, 1.82) is 0 Å². The van der Waals surface area contributed by atoms with Crippen molar-refractivity contribution in [2.75, 3.05) is 5.32 Å². The van der Waals surface area contributed by atoms with Gasteiger partial charge in [0.15, 0.2) is 5.43 Å². The van der Waals surface area contributed by atoms with E-state index in [0.29, 0.717) is 15.9 Å². The highest BCUT2D eigenvalue weighted by atomic mass is 79.9. The summed E-state index contributed by atoms with van der Waals surface area (Å²) in [6.45, 7) is 1.99. The van der Waals surface area contributed by atoms with E-state index < -0.39 is 0 Å². The summed E-state index contributed by atoms with van der Waals surface area (Å²) in [4.78, 5) is 24.4. The van der Waals surface area contributed by atoms with Crippen LogP contribution in [0.15, 0.2) is 57.9 Å². The zero-order valence-electron chi connectivity index (χ0n) is 12.8. The predicted octanol–water partition coefficient (Wildman–Crippen LogP) is 4.36. The summed E-state index contributed by atoms with van der Waals surface area (Å²) in [7, 11) is 0. The number of nitrogens with zero attached hydrogens (tertiary/aromatic N) is 1. The molecule has 0 radical (unpaired) electrons. The van der Waals surface area contributed by atoms with Gasteiger partial charge in [0.25, 0.3) is 0 Å². The van der Waals surface area contributed by atoms with Crippen LogP contribution in [0.3, 0.4) is 0 Å². The maximum Gasteiger partial charge on any atom is 0.244 e. The fraction of sp³-hybridized carbons (Fsp3) is 0.111. The number of halogens is 2. The molecule has 0 aliphatic heterocycles. The highest BCUT2D eigenvalue weighted by Gasteiger charge is 2.09. The largest absolute Gasteiger partial charge is 0.338 e. The summed E-state index contributed by atoms with van der Waals surface area (Å²) in [5.74, 6) is -0.173. The van der Waals surface area contributed by atoms with Crippen LogP contribution in [0.1, 0.15) is 5.56 Å². The quantitative estimate of drug-likeness (QED) is 0.704. The van der Waals surface area contributed by atoms with E-state index in [9.17, 15) is 9.59 Å². The molecule has 1 heterocycles. The first kappa shape index (κ1) is 16.7.